The van der Waals surface area contributed by atoms with Crippen LogP contribution < -0.4 is 5.53 Å². The highest BCUT2D eigenvalue weighted by Crippen LogP contribution is 2.16. The molecule has 0 aromatic heterocycles. The fourth-order valence-corrected chi connectivity index (χ4v) is 2.87. The van der Waals surface area contributed by atoms with Crippen LogP contribution in [-0.4, -0.2) is 17.7 Å². The SMILES string of the molecule is CCCCCCCCCCCCC(CC)N1CN=NN1. The van der Waals surface area contributed by atoms with Gasteiger partial charge in [0.1, 0.15) is 6.67 Å². The first-order valence-electron chi connectivity index (χ1n) is 8.77. The predicted molar refractivity (Wildman–Crippen MR) is 85.2 cm³/mol. The third-order valence-corrected chi connectivity index (χ3v) is 4.26. The van der Waals surface area contributed by atoms with Gasteiger partial charge in [-0.25, -0.2) is 5.53 Å². The van der Waals surface area contributed by atoms with E-state index >= 15 is 0 Å². The molecule has 1 aliphatic rings. The van der Waals surface area contributed by atoms with Gasteiger partial charge in [-0.2, -0.15) is 10.1 Å². The molecule has 4 heteroatoms. The van der Waals surface area contributed by atoms with Crippen LogP contribution in [0.15, 0.2) is 10.3 Å². The Balaban J connectivity index is 1.86. The van der Waals surface area contributed by atoms with Crippen molar-refractivity contribution in [2.75, 3.05) is 6.67 Å². The van der Waals surface area contributed by atoms with Crippen LogP contribution in [-0.2, 0) is 0 Å². The molecule has 1 unspecified atom stereocenters. The second-order valence-corrected chi connectivity index (χ2v) is 5.99. The molecular formula is C16H34N4. The van der Waals surface area contributed by atoms with E-state index in [1.165, 1.54) is 77.0 Å². The van der Waals surface area contributed by atoms with E-state index in [0.29, 0.717) is 6.04 Å². The lowest BCUT2D eigenvalue weighted by molar-refractivity contribution is 0.146. The number of nitrogens with zero attached hydrogens (tertiary/aromatic N) is 3. The Kier molecular flexibility index (Phi) is 10.6. The normalized spacial score (nSPS) is 16.5. The maximum atomic E-state index is 3.97. The third-order valence-electron chi connectivity index (χ3n) is 4.26. The Morgan fingerprint density at radius 1 is 0.900 bits per heavy atom. The van der Waals surface area contributed by atoms with E-state index in [0.717, 1.165) is 6.67 Å². The third kappa shape index (κ3) is 7.83. The van der Waals surface area contributed by atoms with Gasteiger partial charge < -0.3 is 0 Å². The highest BCUT2D eigenvalue weighted by Gasteiger charge is 2.18. The first-order chi connectivity index (χ1) is 9.88. The van der Waals surface area contributed by atoms with Crippen molar-refractivity contribution < 1.29 is 0 Å². The van der Waals surface area contributed by atoms with Gasteiger partial charge in [0, 0.05) is 6.04 Å². The summed E-state index contributed by atoms with van der Waals surface area (Å²) in [7, 11) is 0. The number of hydrogen-bond acceptors (Lipinski definition) is 4. The zero-order chi connectivity index (χ0) is 14.5. The number of hydrogen-bond donors (Lipinski definition) is 1. The molecule has 0 saturated carbocycles. The van der Waals surface area contributed by atoms with Crippen molar-refractivity contribution in [3.05, 3.63) is 0 Å². The molecule has 1 heterocycles. The van der Waals surface area contributed by atoms with Gasteiger partial charge >= 0.3 is 0 Å². The lowest BCUT2D eigenvalue weighted by Gasteiger charge is -2.23. The number of nitrogens with one attached hydrogen (secondary N) is 1. The predicted octanol–water partition coefficient (Wildman–Crippen LogP) is 5.22. The molecule has 1 aliphatic heterocycles. The van der Waals surface area contributed by atoms with Crippen LogP contribution in [0.2, 0.25) is 0 Å². The van der Waals surface area contributed by atoms with E-state index < -0.39 is 0 Å². The molecule has 0 spiro atoms. The second kappa shape index (κ2) is 12.1. The molecule has 0 aromatic rings. The fraction of sp³-hybridized carbons (Fsp3) is 1.00. The van der Waals surface area contributed by atoms with Gasteiger partial charge in [0.25, 0.3) is 0 Å². The summed E-state index contributed by atoms with van der Waals surface area (Å²) in [5.41, 5.74) is 2.98. The van der Waals surface area contributed by atoms with Crippen LogP contribution in [0.1, 0.15) is 90.9 Å². The van der Waals surface area contributed by atoms with E-state index in [1.54, 1.807) is 0 Å². The monoisotopic (exact) mass is 282 g/mol. The van der Waals surface area contributed by atoms with E-state index in [1.807, 2.05) is 0 Å². The smallest absolute Gasteiger partial charge is 0.133 e. The molecular weight excluding hydrogens is 248 g/mol. The molecule has 20 heavy (non-hydrogen) atoms. The number of hydrazine groups is 1. The average Bonchev–Trinajstić information content (AvgIpc) is 2.99. The Hall–Kier alpha value is -0.640. The van der Waals surface area contributed by atoms with Gasteiger partial charge in [-0.15, -0.1) is 0 Å². The summed E-state index contributed by atoms with van der Waals surface area (Å²) in [5.74, 6) is 0. The molecule has 1 N–H and O–H groups in total. The molecule has 118 valence electrons. The average molecular weight is 282 g/mol. The molecule has 1 atom stereocenters. The molecule has 0 aliphatic carbocycles. The van der Waals surface area contributed by atoms with Gasteiger partial charge in [0.05, 0.1) is 0 Å². The first kappa shape index (κ1) is 17.4. The molecule has 0 bridgehead atoms. The summed E-state index contributed by atoms with van der Waals surface area (Å²) < 4.78 is 0. The quantitative estimate of drug-likeness (QED) is 0.470. The molecule has 4 nitrogen and oxygen atoms in total. The van der Waals surface area contributed by atoms with Crippen molar-refractivity contribution >= 4 is 0 Å². The van der Waals surface area contributed by atoms with Crippen LogP contribution in [0.3, 0.4) is 0 Å². The Bertz CT molecular complexity index is 235. The van der Waals surface area contributed by atoms with Crippen molar-refractivity contribution in [2.24, 2.45) is 10.3 Å². The van der Waals surface area contributed by atoms with Crippen molar-refractivity contribution in [1.82, 2.24) is 10.5 Å². The van der Waals surface area contributed by atoms with Crippen LogP contribution in [0.5, 0.6) is 0 Å². The van der Waals surface area contributed by atoms with Gasteiger partial charge in [-0.05, 0) is 12.8 Å². The van der Waals surface area contributed by atoms with Crippen LogP contribution in [0, 0.1) is 0 Å². The largest absolute Gasteiger partial charge is 0.220 e. The molecule has 0 saturated heterocycles. The Morgan fingerprint density at radius 3 is 2.00 bits per heavy atom. The van der Waals surface area contributed by atoms with Crippen LogP contribution in [0.4, 0.5) is 0 Å². The molecule has 0 fully saturated rings. The van der Waals surface area contributed by atoms with Gasteiger partial charge in [0.15, 0.2) is 0 Å². The maximum Gasteiger partial charge on any atom is 0.133 e. The fourth-order valence-electron chi connectivity index (χ4n) is 2.87. The van der Waals surface area contributed by atoms with Crippen molar-refractivity contribution in [3.8, 4) is 0 Å². The zero-order valence-electron chi connectivity index (χ0n) is 13.6. The van der Waals surface area contributed by atoms with Crippen LogP contribution in [0.25, 0.3) is 0 Å². The maximum absolute atomic E-state index is 3.97. The standard InChI is InChI=1S/C16H34N4/c1-3-5-6-7-8-9-10-11-12-13-14-16(4-2)20-15-17-18-19-20/h16H,3-15H2,1-2H3,(H,17,19). The van der Waals surface area contributed by atoms with Crippen molar-refractivity contribution in [2.45, 2.75) is 96.9 Å². The van der Waals surface area contributed by atoms with Crippen LogP contribution >= 0.6 is 0 Å². The van der Waals surface area contributed by atoms with E-state index in [2.05, 4.69) is 34.7 Å². The number of unbranched alkanes of at least 4 members (excludes halogenated alkanes) is 9. The summed E-state index contributed by atoms with van der Waals surface area (Å²) in [6, 6.07) is 0.596. The summed E-state index contributed by atoms with van der Waals surface area (Å²) >= 11 is 0. The van der Waals surface area contributed by atoms with E-state index in [9.17, 15) is 0 Å². The summed E-state index contributed by atoms with van der Waals surface area (Å²) in [4.78, 5) is 0. The van der Waals surface area contributed by atoms with Gasteiger partial charge in [-0.1, -0.05) is 83.3 Å². The molecule has 0 aromatic carbocycles. The molecule has 1 rings (SSSR count). The van der Waals surface area contributed by atoms with Crippen molar-refractivity contribution in [3.63, 3.8) is 0 Å². The van der Waals surface area contributed by atoms with Crippen molar-refractivity contribution in [1.29, 1.82) is 0 Å². The minimum Gasteiger partial charge on any atom is -0.220 e. The Morgan fingerprint density at radius 2 is 1.50 bits per heavy atom. The zero-order valence-corrected chi connectivity index (χ0v) is 13.6. The highest BCUT2D eigenvalue weighted by molar-refractivity contribution is 4.67. The summed E-state index contributed by atoms with van der Waals surface area (Å²) in [6.45, 7) is 5.25. The van der Waals surface area contributed by atoms with E-state index in [4.69, 9.17) is 0 Å². The molecule has 0 amide bonds. The number of rotatable bonds is 13. The minimum absolute atomic E-state index is 0.596. The minimum atomic E-state index is 0.596. The first-order valence-corrected chi connectivity index (χ1v) is 8.77. The van der Waals surface area contributed by atoms with Gasteiger partial charge in [0.2, 0.25) is 0 Å². The highest BCUT2D eigenvalue weighted by atomic mass is 15.8. The summed E-state index contributed by atoms with van der Waals surface area (Å²) in [5, 5.41) is 9.97. The van der Waals surface area contributed by atoms with Gasteiger partial charge in [-0.3, -0.25) is 0 Å². The topological polar surface area (TPSA) is 40.0 Å². The molecule has 0 radical (unpaired) electrons. The lowest BCUT2D eigenvalue weighted by atomic mass is 10.0. The van der Waals surface area contributed by atoms with E-state index in [-0.39, 0.29) is 0 Å². The lowest BCUT2D eigenvalue weighted by Crippen LogP contribution is -2.39. The Labute approximate surface area is 125 Å². The second-order valence-electron chi connectivity index (χ2n) is 5.99. The summed E-state index contributed by atoms with van der Waals surface area (Å²) in [6.07, 6.45) is 16.5.